The van der Waals surface area contributed by atoms with Gasteiger partial charge in [-0.3, -0.25) is 19.6 Å². The zero-order chi connectivity index (χ0) is 68.5. The topological polar surface area (TPSA) is 270 Å². The minimum absolute atomic E-state index is 0. The quantitative estimate of drug-likeness (QED) is 0.0376. The van der Waals surface area contributed by atoms with Gasteiger partial charge in [0, 0.05) is 90.0 Å². The number of aromatic nitrogens is 4. The number of nitrogens with two attached hydrogens (primary N) is 1. The molecule has 25 nitrogen and oxygen atoms in total. The first kappa shape index (κ1) is 87.6. The fourth-order valence-electron chi connectivity index (χ4n) is 9.95. The SMILES string of the molecule is CCCCCCSC[C@@H]1COCCN(Cc2cccc(C(=O)OC)n2)CCOCCOCCN(Cc2cccc(C(=O)OC)n2)CCO1.COC(=O)c1cccc(CN2CCOCCOCCN(Cc3cccc(C(=O)OC)n3)CCO[C@H](CSCCCCCN)COCC2)n1.S.S. The number of pyridine rings is 4. The third-order valence-electron chi connectivity index (χ3n) is 15.3. The van der Waals surface area contributed by atoms with Crippen molar-refractivity contribution in [3.05, 3.63) is 118 Å². The lowest BCUT2D eigenvalue weighted by molar-refractivity contribution is -0.0238. The largest absolute Gasteiger partial charge is 0.464 e. The molecule has 0 bridgehead atoms. The number of carbonyl (C=O) groups excluding carboxylic acids is 4. The van der Waals surface area contributed by atoms with Crippen molar-refractivity contribution >= 4 is 74.4 Å². The normalized spacial score (nSPS) is 18.1. The molecular formula is C69H111N9O16S4. The summed E-state index contributed by atoms with van der Waals surface area (Å²) in [7, 11) is 5.41. The number of rotatable bonds is 26. The maximum Gasteiger partial charge on any atom is 0.356 e. The van der Waals surface area contributed by atoms with Crippen molar-refractivity contribution in [2.24, 2.45) is 5.73 Å². The van der Waals surface area contributed by atoms with Gasteiger partial charge in [0.2, 0.25) is 0 Å². The molecule has 0 saturated carbocycles. The van der Waals surface area contributed by atoms with Crippen LogP contribution in [0, 0.1) is 0 Å². The first-order chi connectivity index (χ1) is 47.0. The van der Waals surface area contributed by atoms with Crippen molar-refractivity contribution in [1.29, 1.82) is 0 Å². The molecule has 29 heteroatoms. The lowest BCUT2D eigenvalue weighted by Crippen LogP contribution is -2.35. The first-order valence-electron chi connectivity index (χ1n) is 33.7. The highest BCUT2D eigenvalue weighted by molar-refractivity contribution is 7.99. The van der Waals surface area contributed by atoms with Crippen molar-refractivity contribution in [2.45, 2.75) is 90.3 Å². The van der Waals surface area contributed by atoms with Gasteiger partial charge in [-0.25, -0.2) is 39.1 Å². The van der Waals surface area contributed by atoms with E-state index < -0.39 is 23.9 Å². The van der Waals surface area contributed by atoms with Gasteiger partial charge in [-0.15, -0.1) is 0 Å². The minimum Gasteiger partial charge on any atom is -0.464 e. The van der Waals surface area contributed by atoms with E-state index in [1.807, 2.05) is 72.1 Å². The van der Waals surface area contributed by atoms with Gasteiger partial charge in [-0.2, -0.15) is 50.5 Å². The molecule has 2 atom stereocenters. The van der Waals surface area contributed by atoms with Crippen LogP contribution in [-0.2, 0) is 83.0 Å². The third kappa shape index (κ3) is 38.4. The molecule has 4 aromatic rings. The van der Waals surface area contributed by atoms with E-state index in [0.717, 1.165) is 71.6 Å². The van der Waals surface area contributed by atoms with Crippen LogP contribution in [0.25, 0.3) is 0 Å². The third-order valence-corrected chi connectivity index (χ3v) is 17.6. The number of unbranched alkanes of at least 4 members (excludes halogenated alkanes) is 5. The number of carbonyl (C=O) groups is 4. The standard InChI is InChI=1S/C35H54N4O8S.C34H53N5O8S.2H2S/c1-4-5-6-7-24-48-28-31-27-46-20-16-38(25-29-10-8-12-32(36-29)34(40)42-2)14-18-44-22-23-45-19-15-39(17-21-47-31)26-30-11-9-13-33(37-30)35(41)43-3;1-42-33(40)31-10-6-8-28(36-31)24-38-13-17-44-21-22-45-18-14-39(25-29-9-7-11-32(37-29)34(41)43-2)16-20-47-30(26-46-19-15-38)27-48-23-5-3-4-12-35;;/h8-13,31H,4-7,14-28H2,1-3H3;6-11,30H,3-5,12-27,35H2,1-2H3;2*1H2/t31-;30-;;/m00../s1. The maximum atomic E-state index is 12.0. The van der Waals surface area contributed by atoms with Crippen molar-refractivity contribution in [3.63, 3.8) is 0 Å². The Kier molecular flexibility index (Phi) is 50.0. The molecular weight excluding hydrogens is 1340 g/mol. The van der Waals surface area contributed by atoms with E-state index in [1.165, 1.54) is 54.1 Å². The summed E-state index contributed by atoms with van der Waals surface area (Å²) in [5.41, 5.74) is 9.90. The predicted octanol–water partition coefficient (Wildman–Crippen LogP) is 7.01. The van der Waals surface area contributed by atoms with Crippen LogP contribution in [0.2, 0.25) is 0 Å². The number of hydrogen-bond acceptors (Lipinski definition) is 27. The molecule has 2 aliphatic heterocycles. The summed E-state index contributed by atoms with van der Waals surface area (Å²) in [6, 6.07) is 21.5. The summed E-state index contributed by atoms with van der Waals surface area (Å²) in [6.07, 6.45) is 8.14. The zero-order valence-electron chi connectivity index (χ0n) is 58.5. The highest BCUT2D eigenvalue weighted by Crippen LogP contribution is 2.16. The number of esters is 4. The summed E-state index contributed by atoms with van der Waals surface area (Å²) < 4.78 is 68.2. The number of thioether (sulfide) groups is 2. The van der Waals surface area contributed by atoms with Gasteiger partial charge in [-0.1, -0.05) is 56.9 Å². The Balaban J connectivity index is 0.000000500. The van der Waals surface area contributed by atoms with Crippen LogP contribution in [0.4, 0.5) is 0 Å². The van der Waals surface area contributed by atoms with Crippen LogP contribution >= 0.6 is 50.5 Å². The molecule has 0 amide bonds. The Morgan fingerprint density at radius 3 is 0.980 bits per heavy atom. The van der Waals surface area contributed by atoms with Gasteiger partial charge in [-0.05, 0) is 85.8 Å². The van der Waals surface area contributed by atoms with Crippen LogP contribution < -0.4 is 5.73 Å². The van der Waals surface area contributed by atoms with E-state index >= 15 is 0 Å². The summed E-state index contributed by atoms with van der Waals surface area (Å²) in [4.78, 5) is 74.9. The molecule has 2 aliphatic rings. The highest BCUT2D eigenvalue weighted by atomic mass is 32.2. The van der Waals surface area contributed by atoms with Crippen LogP contribution in [0.5, 0.6) is 0 Å². The lowest BCUT2D eigenvalue weighted by Gasteiger charge is -2.25. The Morgan fingerprint density at radius 1 is 0.408 bits per heavy atom. The van der Waals surface area contributed by atoms with Crippen molar-refractivity contribution in [2.75, 3.05) is 203 Å². The summed E-state index contributed by atoms with van der Waals surface area (Å²) in [5, 5.41) is 0. The van der Waals surface area contributed by atoms with Gasteiger partial charge in [0.1, 0.15) is 22.8 Å². The molecule has 98 heavy (non-hydrogen) atoms. The molecule has 0 aliphatic carbocycles. The highest BCUT2D eigenvalue weighted by Gasteiger charge is 2.20. The van der Waals surface area contributed by atoms with Gasteiger partial charge < -0.3 is 62.6 Å². The van der Waals surface area contributed by atoms with Crippen LogP contribution in [0.1, 0.15) is 117 Å². The van der Waals surface area contributed by atoms with E-state index in [-0.39, 0.29) is 56.3 Å². The average Bonchev–Trinajstić information content (AvgIpc) is 1.02. The summed E-state index contributed by atoms with van der Waals surface area (Å²) in [6.45, 7) is 17.5. The number of nitrogens with zero attached hydrogens (tertiary/aromatic N) is 8. The molecule has 0 radical (unpaired) electrons. The zero-order valence-corrected chi connectivity index (χ0v) is 62.1. The maximum absolute atomic E-state index is 12.0. The van der Waals surface area contributed by atoms with E-state index in [0.29, 0.717) is 177 Å². The average molecular weight is 1450 g/mol. The van der Waals surface area contributed by atoms with Crippen LogP contribution in [0.3, 0.4) is 0 Å². The molecule has 0 aromatic carbocycles. The Hall–Kier alpha value is -4.64. The fourth-order valence-corrected chi connectivity index (χ4v) is 12.0. The summed E-state index contributed by atoms with van der Waals surface area (Å²) >= 11 is 3.80. The van der Waals surface area contributed by atoms with Gasteiger partial charge in [0.05, 0.1) is 156 Å². The number of ether oxygens (including phenoxy) is 12. The van der Waals surface area contributed by atoms with Gasteiger partial charge in [0.15, 0.2) is 0 Å². The van der Waals surface area contributed by atoms with E-state index in [9.17, 15) is 19.2 Å². The van der Waals surface area contributed by atoms with Gasteiger partial charge >= 0.3 is 23.9 Å². The molecule has 2 saturated heterocycles. The van der Waals surface area contributed by atoms with E-state index in [4.69, 9.17) is 62.6 Å². The smallest absolute Gasteiger partial charge is 0.356 e. The molecule has 0 unspecified atom stereocenters. The predicted molar refractivity (Wildman–Crippen MR) is 390 cm³/mol. The lowest BCUT2D eigenvalue weighted by atomic mass is 10.2. The molecule has 6 heterocycles. The Morgan fingerprint density at radius 2 is 0.694 bits per heavy atom. The van der Waals surface area contributed by atoms with E-state index in [1.54, 1.807) is 24.3 Å². The first-order valence-corrected chi connectivity index (χ1v) is 36.0. The van der Waals surface area contributed by atoms with Gasteiger partial charge in [0.25, 0.3) is 0 Å². The second-order valence-corrected chi connectivity index (χ2v) is 25.1. The molecule has 2 fully saturated rings. The second-order valence-electron chi connectivity index (χ2n) is 22.8. The molecule has 552 valence electrons. The minimum atomic E-state index is -0.459. The monoisotopic (exact) mass is 1450 g/mol. The second kappa shape index (κ2) is 56.0. The van der Waals surface area contributed by atoms with Crippen molar-refractivity contribution in [1.82, 2.24) is 39.5 Å². The Labute approximate surface area is 603 Å². The Bertz CT molecular complexity index is 2580. The van der Waals surface area contributed by atoms with E-state index in [2.05, 4.69) is 46.5 Å². The fraction of sp³-hybridized carbons (Fsp3) is 0.652. The molecule has 0 spiro atoms. The van der Waals surface area contributed by atoms with Crippen molar-refractivity contribution < 1.29 is 76.0 Å². The number of methoxy groups -OCH3 is 4. The molecule has 4 aromatic heterocycles. The van der Waals surface area contributed by atoms with Crippen LogP contribution in [0.15, 0.2) is 72.8 Å². The number of hydrogen-bond donors (Lipinski definition) is 1. The summed E-state index contributed by atoms with van der Waals surface area (Å²) in [5.74, 6) is 2.03. The van der Waals surface area contributed by atoms with Crippen LogP contribution in [-0.4, -0.2) is 278 Å². The van der Waals surface area contributed by atoms with Crippen molar-refractivity contribution in [3.8, 4) is 0 Å². The molecule has 6 rings (SSSR count). The molecule has 2 N–H and O–H groups in total.